The highest BCUT2D eigenvalue weighted by molar-refractivity contribution is 7.19. The van der Waals surface area contributed by atoms with Crippen molar-refractivity contribution in [2.24, 2.45) is 0 Å². The van der Waals surface area contributed by atoms with E-state index >= 15 is 0 Å². The molecule has 5 heteroatoms. The fourth-order valence-electron chi connectivity index (χ4n) is 2.31. The van der Waals surface area contributed by atoms with Gasteiger partial charge in [0.2, 0.25) is 0 Å². The summed E-state index contributed by atoms with van der Waals surface area (Å²) < 4.78 is 1.18. The molecule has 0 saturated carbocycles. The van der Waals surface area contributed by atoms with Crippen LogP contribution < -0.4 is 0 Å². The van der Waals surface area contributed by atoms with Crippen LogP contribution in [-0.2, 0) is 6.42 Å². The standard InChI is InChI=1S/C16H12ClNO2S/c17-13(9-11-5-1-3-7-14(11)18(19)20)16-10-12-6-2-4-8-15(12)21-16/h1-8,10,13H,9H2. The third-order valence-corrected chi connectivity index (χ3v) is 5.09. The van der Waals surface area contributed by atoms with Crippen LogP contribution in [0.1, 0.15) is 15.8 Å². The zero-order chi connectivity index (χ0) is 14.8. The Morgan fingerprint density at radius 3 is 2.62 bits per heavy atom. The van der Waals surface area contributed by atoms with Gasteiger partial charge in [0, 0.05) is 27.6 Å². The van der Waals surface area contributed by atoms with Gasteiger partial charge in [-0.2, -0.15) is 0 Å². The van der Waals surface area contributed by atoms with Gasteiger partial charge < -0.3 is 0 Å². The van der Waals surface area contributed by atoms with Crippen LogP contribution in [0.2, 0.25) is 0 Å². The molecule has 3 rings (SSSR count). The number of hydrogen-bond acceptors (Lipinski definition) is 3. The predicted molar refractivity (Wildman–Crippen MR) is 87.2 cm³/mol. The summed E-state index contributed by atoms with van der Waals surface area (Å²) in [6, 6.07) is 16.9. The number of nitrogens with zero attached hydrogens (tertiary/aromatic N) is 1. The van der Waals surface area contributed by atoms with Gasteiger partial charge in [0.15, 0.2) is 0 Å². The Labute approximate surface area is 130 Å². The van der Waals surface area contributed by atoms with Crippen LogP contribution in [0, 0.1) is 10.1 Å². The summed E-state index contributed by atoms with van der Waals surface area (Å²) in [7, 11) is 0. The second-order valence-corrected chi connectivity index (χ2v) is 6.39. The Kier molecular flexibility index (Phi) is 3.90. The quantitative estimate of drug-likeness (QED) is 0.370. The first-order valence-electron chi connectivity index (χ1n) is 6.50. The lowest BCUT2D eigenvalue weighted by Gasteiger charge is -2.07. The monoisotopic (exact) mass is 317 g/mol. The predicted octanol–water partition coefficient (Wildman–Crippen LogP) is 5.33. The van der Waals surface area contributed by atoms with Gasteiger partial charge in [0.05, 0.1) is 10.3 Å². The maximum Gasteiger partial charge on any atom is 0.272 e. The molecule has 0 aliphatic rings. The number of alkyl halides is 1. The van der Waals surface area contributed by atoms with Gasteiger partial charge >= 0.3 is 0 Å². The largest absolute Gasteiger partial charge is 0.272 e. The highest BCUT2D eigenvalue weighted by Gasteiger charge is 2.18. The van der Waals surface area contributed by atoms with Gasteiger partial charge in [-0.1, -0.05) is 36.4 Å². The van der Waals surface area contributed by atoms with E-state index in [4.69, 9.17) is 11.6 Å². The molecule has 0 bridgehead atoms. The minimum Gasteiger partial charge on any atom is -0.258 e. The highest BCUT2D eigenvalue weighted by atomic mass is 35.5. The molecular weight excluding hydrogens is 306 g/mol. The molecular formula is C16H12ClNO2S. The molecule has 21 heavy (non-hydrogen) atoms. The summed E-state index contributed by atoms with van der Waals surface area (Å²) >= 11 is 8.11. The zero-order valence-corrected chi connectivity index (χ0v) is 12.6. The SMILES string of the molecule is O=[N+]([O-])c1ccccc1CC(Cl)c1cc2ccccc2s1. The van der Waals surface area contributed by atoms with Gasteiger partial charge in [0.25, 0.3) is 5.69 Å². The van der Waals surface area contributed by atoms with Crippen LogP contribution >= 0.6 is 22.9 Å². The van der Waals surface area contributed by atoms with Gasteiger partial charge in [-0.05, 0) is 17.5 Å². The molecule has 1 atom stereocenters. The topological polar surface area (TPSA) is 43.1 Å². The van der Waals surface area contributed by atoms with E-state index in [-0.39, 0.29) is 16.0 Å². The van der Waals surface area contributed by atoms with Crippen molar-refractivity contribution in [1.29, 1.82) is 0 Å². The maximum atomic E-state index is 11.0. The van der Waals surface area contributed by atoms with Crippen molar-refractivity contribution < 1.29 is 4.92 Å². The van der Waals surface area contributed by atoms with E-state index in [0.29, 0.717) is 12.0 Å². The smallest absolute Gasteiger partial charge is 0.258 e. The van der Waals surface area contributed by atoms with Crippen molar-refractivity contribution in [3.63, 3.8) is 0 Å². The number of nitro groups is 1. The number of benzene rings is 2. The van der Waals surface area contributed by atoms with Crippen LogP contribution in [0.5, 0.6) is 0 Å². The van der Waals surface area contributed by atoms with Crippen LogP contribution in [-0.4, -0.2) is 4.92 Å². The van der Waals surface area contributed by atoms with E-state index in [0.717, 1.165) is 10.3 Å². The molecule has 0 aliphatic carbocycles. The molecule has 0 saturated heterocycles. The molecule has 0 amide bonds. The highest BCUT2D eigenvalue weighted by Crippen LogP contribution is 2.36. The summed E-state index contributed by atoms with van der Waals surface area (Å²) in [6.07, 6.45) is 0.450. The molecule has 106 valence electrons. The van der Waals surface area contributed by atoms with Crippen LogP contribution in [0.25, 0.3) is 10.1 Å². The minimum absolute atomic E-state index is 0.129. The van der Waals surface area contributed by atoms with Gasteiger partial charge in [-0.3, -0.25) is 10.1 Å². The fourth-order valence-corrected chi connectivity index (χ4v) is 3.72. The Morgan fingerprint density at radius 2 is 1.86 bits per heavy atom. The molecule has 2 aromatic carbocycles. The number of para-hydroxylation sites is 1. The first-order valence-corrected chi connectivity index (χ1v) is 7.75. The second-order valence-electron chi connectivity index (χ2n) is 4.74. The van der Waals surface area contributed by atoms with Crippen molar-refractivity contribution in [2.75, 3.05) is 0 Å². The summed E-state index contributed by atoms with van der Waals surface area (Å²) in [5.41, 5.74) is 0.796. The maximum absolute atomic E-state index is 11.0. The van der Waals surface area contributed by atoms with E-state index in [9.17, 15) is 10.1 Å². The third-order valence-electron chi connectivity index (χ3n) is 3.34. The lowest BCUT2D eigenvalue weighted by Crippen LogP contribution is -1.99. The summed E-state index contributed by atoms with van der Waals surface area (Å²) in [5.74, 6) is 0. The zero-order valence-electron chi connectivity index (χ0n) is 11.0. The molecule has 0 spiro atoms. The number of rotatable bonds is 4. The summed E-state index contributed by atoms with van der Waals surface area (Å²) in [6.45, 7) is 0. The number of thiophene rings is 1. The molecule has 1 unspecified atom stereocenters. The number of halogens is 1. The molecule has 3 aromatic rings. The fraction of sp³-hybridized carbons (Fsp3) is 0.125. The molecule has 0 fully saturated rings. The Hall–Kier alpha value is -1.91. The van der Waals surface area contributed by atoms with Gasteiger partial charge in [-0.15, -0.1) is 22.9 Å². The molecule has 1 aromatic heterocycles. The molecule has 0 aliphatic heterocycles. The number of hydrogen-bond donors (Lipinski definition) is 0. The average Bonchev–Trinajstić information content (AvgIpc) is 2.91. The molecule has 3 nitrogen and oxygen atoms in total. The van der Waals surface area contributed by atoms with Crippen LogP contribution in [0.3, 0.4) is 0 Å². The minimum atomic E-state index is -0.357. The first kappa shape index (κ1) is 14.0. The van der Waals surface area contributed by atoms with Gasteiger partial charge in [-0.25, -0.2) is 0 Å². The van der Waals surface area contributed by atoms with Gasteiger partial charge in [0.1, 0.15) is 0 Å². The lowest BCUT2D eigenvalue weighted by atomic mass is 10.1. The van der Waals surface area contributed by atoms with E-state index in [1.165, 1.54) is 10.8 Å². The normalized spacial score (nSPS) is 12.4. The van der Waals surface area contributed by atoms with Crippen LogP contribution in [0.15, 0.2) is 54.6 Å². The Bertz CT molecular complexity index is 767. The summed E-state index contributed by atoms with van der Waals surface area (Å²) in [5, 5.41) is 11.9. The molecule has 0 radical (unpaired) electrons. The second kappa shape index (κ2) is 5.84. The number of fused-ring (bicyclic) bond motifs is 1. The molecule has 0 N–H and O–H groups in total. The van der Waals surface area contributed by atoms with Crippen molar-refractivity contribution in [2.45, 2.75) is 11.8 Å². The van der Waals surface area contributed by atoms with Crippen molar-refractivity contribution in [1.82, 2.24) is 0 Å². The first-order chi connectivity index (χ1) is 10.1. The third kappa shape index (κ3) is 2.91. The molecule has 1 heterocycles. The average molecular weight is 318 g/mol. The van der Waals surface area contributed by atoms with Crippen molar-refractivity contribution >= 4 is 38.7 Å². The van der Waals surface area contributed by atoms with E-state index in [2.05, 4.69) is 12.1 Å². The lowest BCUT2D eigenvalue weighted by molar-refractivity contribution is -0.385. The van der Waals surface area contributed by atoms with Crippen molar-refractivity contribution in [3.05, 3.63) is 75.2 Å². The van der Waals surface area contributed by atoms with E-state index in [1.807, 2.05) is 18.2 Å². The summed E-state index contributed by atoms with van der Waals surface area (Å²) in [4.78, 5) is 11.7. The van der Waals surface area contributed by atoms with Crippen LogP contribution in [0.4, 0.5) is 5.69 Å². The van der Waals surface area contributed by atoms with E-state index in [1.54, 1.807) is 29.5 Å². The Balaban J connectivity index is 1.89. The number of nitro benzene ring substituents is 1. The van der Waals surface area contributed by atoms with E-state index < -0.39 is 0 Å². The Morgan fingerprint density at radius 1 is 1.14 bits per heavy atom. The van der Waals surface area contributed by atoms with Crippen molar-refractivity contribution in [3.8, 4) is 0 Å².